The van der Waals surface area contributed by atoms with E-state index in [0.29, 0.717) is 19.4 Å². The van der Waals surface area contributed by atoms with Crippen LogP contribution in [-0.2, 0) is 19.7 Å². The molecular weight excluding hydrogens is 318 g/mol. The summed E-state index contributed by atoms with van der Waals surface area (Å²) in [5.41, 5.74) is 2.03. The van der Waals surface area contributed by atoms with Crippen molar-refractivity contribution in [2.45, 2.75) is 64.5 Å². The molecule has 0 aromatic heterocycles. The van der Waals surface area contributed by atoms with Gasteiger partial charge in [-0.1, -0.05) is 45.0 Å². The maximum Gasteiger partial charge on any atom is 0.305 e. The lowest BCUT2D eigenvalue weighted by Gasteiger charge is -2.28. The Morgan fingerprint density at radius 2 is 1.92 bits per heavy atom. The fourth-order valence-corrected chi connectivity index (χ4v) is 3.17. The Balaban J connectivity index is 2.12. The molecule has 25 heavy (non-hydrogen) atoms. The predicted octanol–water partition coefficient (Wildman–Crippen LogP) is 3.43. The second-order valence-corrected chi connectivity index (χ2v) is 7.93. The van der Waals surface area contributed by atoms with Crippen LogP contribution in [0.2, 0.25) is 0 Å². The molecule has 1 saturated heterocycles. The standard InChI is InChI=1S/C20H29NO4/c1-13-11-15(9-10-25-13)19(24)21-17(12-18(22)23)14-5-7-16(8-6-14)20(2,3)4/h5-8,13,15,17H,9-12H2,1-4H3,(H,21,24)(H,22,23)/t13-,15-,17+/m1/s1. The van der Waals surface area contributed by atoms with Gasteiger partial charge in [0.25, 0.3) is 0 Å². The summed E-state index contributed by atoms with van der Waals surface area (Å²) in [4.78, 5) is 23.8. The molecule has 5 nitrogen and oxygen atoms in total. The summed E-state index contributed by atoms with van der Waals surface area (Å²) in [5, 5.41) is 12.2. The summed E-state index contributed by atoms with van der Waals surface area (Å²) in [7, 11) is 0. The van der Waals surface area contributed by atoms with E-state index in [4.69, 9.17) is 4.74 Å². The van der Waals surface area contributed by atoms with E-state index >= 15 is 0 Å². The molecule has 1 amide bonds. The smallest absolute Gasteiger partial charge is 0.305 e. The molecule has 138 valence electrons. The van der Waals surface area contributed by atoms with E-state index in [-0.39, 0.29) is 29.8 Å². The van der Waals surface area contributed by atoms with E-state index in [2.05, 4.69) is 26.1 Å². The van der Waals surface area contributed by atoms with Crippen LogP contribution >= 0.6 is 0 Å². The van der Waals surface area contributed by atoms with Crippen molar-refractivity contribution >= 4 is 11.9 Å². The third kappa shape index (κ3) is 5.56. The van der Waals surface area contributed by atoms with Crippen LogP contribution in [0.4, 0.5) is 0 Å². The van der Waals surface area contributed by atoms with Crippen LogP contribution in [0.25, 0.3) is 0 Å². The summed E-state index contributed by atoms with van der Waals surface area (Å²) in [6.07, 6.45) is 1.29. The summed E-state index contributed by atoms with van der Waals surface area (Å²) in [6, 6.07) is 7.33. The molecule has 1 aromatic rings. The number of hydrogen-bond acceptors (Lipinski definition) is 3. The molecule has 1 aromatic carbocycles. The third-order valence-electron chi connectivity index (χ3n) is 4.73. The molecule has 2 rings (SSSR count). The van der Waals surface area contributed by atoms with Crippen LogP contribution in [0.1, 0.15) is 64.1 Å². The monoisotopic (exact) mass is 347 g/mol. The second-order valence-electron chi connectivity index (χ2n) is 7.93. The second kappa shape index (κ2) is 8.00. The molecule has 0 bridgehead atoms. The average Bonchev–Trinajstić information content (AvgIpc) is 2.53. The van der Waals surface area contributed by atoms with Crippen molar-refractivity contribution in [1.29, 1.82) is 0 Å². The van der Waals surface area contributed by atoms with Crippen molar-refractivity contribution in [3.8, 4) is 0 Å². The molecule has 0 unspecified atom stereocenters. The van der Waals surface area contributed by atoms with Crippen LogP contribution in [0.5, 0.6) is 0 Å². The van der Waals surface area contributed by atoms with Crippen LogP contribution in [0.3, 0.4) is 0 Å². The Labute approximate surface area is 149 Å². The van der Waals surface area contributed by atoms with Crippen molar-refractivity contribution < 1.29 is 19.4 Å². The van der Waals surface area contributed by atoms with Crippen molar-refractivity contribution in [3.63, 3.8) is 0 Å². The quantitative estimate of drug-likeness (QED) is 0.855. The molecular formula is C20H29NO4. The molecule has 1 fully saturated rings. The van der Waals surface area contributed by atoms with Gasteiger partial charge >= 0.3 is 5.97 Å². The van der Waals surface area contributed by atoms with Gasteiger partial charge in [-0.25, -0.2) is 0 Å². The van der Waals surface area contributed by atoms with Crippen LogP contribution in [-0.4, -0.2) is 29.7 Å². The van der Waals surface area contributed by atoms with Gasteiger partial charge in [0, 0.05) is 12.5 Å². The maximum absolute atomic E-state index is 12.6. The van der Waals surface area contributed by atoms with Gasteiger partial charge in [0.05, 0.1) is 18.6 Å². The minimum atomic E-state index is -0.925. The molecule has 2 N–H and O–H groups in total. The number of ether oxygens (including phenoxy) is 1. The summed E-state index contributed by atoms with van der Waals surface area (Å²) in [6.45, 7) is 8.92. The van der Waals surface area contributed by atoms with Crippen molar-refractivity contribution in [3.05, 3.63) is 35.4 Å². The number of carbonyl (C=O) groups is 2. The first-order chi connectivity index (χ1) is 11.7. The number of carbonyl (C=O) groups excluding carboxylic acids is 1. The number of carboxylic acid groups (broad SMARTS) is 1. The topological polar surface area (TPSA) is 75.6 Å². The Bertz CT molecular complexity index is 603. The van der Waals surface area contributed by atoms with Crippen molar-refractivity contribution in [1.82, 2.24) is 5.32 Å². The molecule has 3 atom stereocenters. The molecule has 5 heteroatoms. The predicted molar refractivity (Wildman–Crippen MR) is 96.4 cm³/mol. The lowest BCUT2D eigenvalue weighted by atomic mass is 9.86. The highest BCUT2D eigenvalue weighted by atomic mass is 16.5. The first-order valence-corrected chi connectivity index (χ1v) is 8.91. The molecule has 0 aliphatic carbocycles. The van der Waals surface area contributed by atoms with Gasteiger partial charge in [0.15, 0.2) is 0 Å². The van der Waals surface area contributed by atoms with Gasteiger partial charge in [-0.3, -0.25) is 9.59 Å². The van der Waals surface area contributed by atoms with Gasteiger partial charge in [-0.05, 0) is 36.3 Å². The van der Waals surface area contributed by atoms with Crippen LogP contribution in [0, 0.1) is 5.92 Å². The Hall–Kier alpha value is -1.88. The fourth-order valence-electron chi connectivity index (χ4n) is 3.17. The van der Waals surface area contributed by atoms with Gasteiger partial charge in [0.2, 0.25) is 5.91 Å². The van der Waals surface area contributed by atoms with E-state index in [1.54, 1.807) is 0 Å². The minimum Gasteiger partial charge on any atom is -0.481 e. The Kier molecular flexibility index (Phi) is 6.22. The molecule has 1 aliphatic heterocycles. The highest BCUT2D eigenvalue weighted by molar-refractivity contribution is 5.80. The van der Waals surface area contributed by atoms with E-state index in [9.17, 15) is 14.7 Å². The highest BCUT2D eigenvalue weighted by Crippen LogP contribution is 2.26. The van der Waals surface area contributed by atoms with Crippen LogP contribution < -0.4 is 5.32 Å². The normalized spacial score (nSPS) is 22.2. The average molecular weight is 347 g/mol. The third-order valence-corrected chi connectivity index (χ3v) is 4.73. The maximum atomic E-state index is 12.6. The first kappa shape index (κ1) is 19.4. The SMILES string of the molecule is C[C@@H]1C[C@H](C(=O)N[C@@H](CC(=O)O)c2ccc(C(C)(C)C)cc2)CCO1. The Morgan fingerprint density at radius 1 is 1.28 bits per heavy atom. The minimum absolute atomic E-state index is 0.0301. The number of rotatable bonds is 5. The molecule has 0 spiro atoms. The van der Waals surface area contributed by atoms with Gasteiger partial charge in [0.1, 0.15) is 0 Å². The summed E-state index contributed by atoms with van der Waals surface area (Å²) < 4.78 is 5.48. The van der Waals surface area contributed by atoms with Gasteiger partial charge < -0.3 is 15.2 Å². The molecule has 1 aliphatic rings. The summed E-state index contributed by atoms with van der Waals surface area (Å²) in [5.74, 6) is -1.12. The van der Waals surface area contributed by atoms with E-state index < -0.39 is 12.0 Å². The number of amides is 1. The highest BCUT2D eigenvalue weighted by Gasteiger charge is 2.28. The van der Waals surface area contributed by atoms with E-state index in [0.717, 1.165) is 5.56 Å². The number of nitrogens with one attached hydrogen (secondary N) is 1. The fraction of sp³-hybridized carbons (Fsp3) is 0.600. The number of benzene rings is 1. The zero-order valence-electron chi connectivity index (χ0n) is 15.5. The molecule has 0 saturated carbocycles. The largest absolute Gasteiger partial charge is 0.481 e. The lowest BCUT2D eigenvalue weighted by molar-refractivity contribution is -0.138. The zero-order chi connectivity index (χ0) is 18.6. The van der Waals surface area contributed by atoms with E-state index in [1.165, 1.54) is 5.56 Å². The van der Waals surface area contributed by atoms with Crippen molar-refractivity contribution in [2.24, 2.45) is 5.92 Å². The lowest BCUT2D eigenvalue weighted by Crippen LogP contribution is -2.39. The first-order valence-electron chi connectivity index (χ1n) is 8.91. The number of carboxylic acids is 1. The van der Waals surface area contributed by atoms with Gasteiger partial charge in [-0.2, -0.15) is 0 Å². The number of aliphatic carboxylic acids is 1. The molecule has 1 heterocycles. The number of hydrogen-bond donors (Lipinski definition) is 2. The Morgan fingerprint density at radius 3 is 2.44 bits per heavy atom. The zero-order valence-corrected chi connectivity index (χ0v) is 15.5. The summed E-state index contributed by atoms with van der Waals surface area (Å²) >= 11 is 0. The van der Waals surface area contributed by atoms with E-state index in [1.807, 2.05) is 31.2 Å². The van der Waals surface area contributed by atoms with Crippen molar-refractivity contribution in [2.75, 3.05) is 6.61 Å². The molecule has 0 radical (unpaired) electrons. The van der Waals surface area contributed by atoms with Crippen LogP contribution in [0.15, 0.2) is 24.3 Å². The van der Waals surface area contributed by atoms with Gasteiger partial charge in [-0.15, -0.1) is 0 Å².